The van der Waals surface area contributed by atoms with Gasteiger partial charge in [-0.3, -0.25) is 0 Å². The van der Waals surface area contributed by atoms with Crippen LogP contribution < -0.4 is 4.74 Å². The highest BCUT2D eigenvalue weighted by molar-refractivity contribution is 5.28. The minimum Gasteiger partial charge on any atom is -0.494 e. The van der Waals surface area contributed by atoms with E-state index in [9.17, 15) is 4.39 Å². The molecule has 0 aliphatic heterocycles. The smallest absolute Gasteiger partial charge is 0.126 e. The number of aliphatic hydroxyl groups excluding tert-OH is 1. The topological polar surface area (TPSA) is 29.5 Å². The van der Waals surface area contributed by atoms with Crippen molar-refractivity contribution in [1.29, 1.82) is 0 Å². The van der Waals surface area contributed by atoms with Gasteiger partial charge < -0.3 is 9.84 Å². The average Bonchev–Trinajstić information content (AvgIpc) is 2.45. The SMILES string of the molecule is OCc1cccc(OCCCc2ccccc2F)c1. The Balaban J connectivity index is 1.79. The zero-order valence-electron chi connectivity index (χ0n) is 10.7. The van der Waals surface area contributed by atoms with Gasteiger partial charge in [0.25, 0.3) is 0 Å². The standard InChI is InChI=1S/C16H17FO2/c17-16-9-2-1-6-14(16)7-4-10-19-15-8-3-5-13(11-15)12-18/h1-3,5-6,8-9,11,18H,4,7,10,12H2. The molecule has 2 rings (SSSR count). The summed E-state index contributed by atoms with van der Waals surface area (Å²) in [6.07, 6.45) is 1.41. The molecule has 0 aliphatic rings. The first-order valence-corrected chi connectivity index (χ1v) is 6.35. The Hall–Kier alpha value is -1.87. The van der Waals surface area contributed by atoms with E-state index in [0.29, 0.717) is 13.0 Å². The number of ether oxygens (including phenoxy) is 1. The number of hydrogen-bond acceptors (Lipinski definition) is 2. The van der Waals surface area contributed by atoms with E-state index in [2.05, 4.69) is 0 Å². The number of aliphatic hydroxyl groups is 1. The summed E-state index contributed by atoms with van der Waals surface area (Å²) < 4.78 is 18.9. The number of halogens is 1. The van der Waals surface area contributed by atoms with E-state index in [0.717, 1.165) is 23.3 Å². The van der Waals surface area contributed by atoms with Crippen LogP contribution >= 0.6 is 0 Å². The van der Waals surface area contributed by atoms with E-state index < -0.39 is 0 Å². The molecule has 0 saturated carbocycles. The van der Waals surface area contributed by atoms with Crippen molar-refractivity contribution in [3.8, 4) is 5.75 Å². The molecule has 1 N–H and O–H groups in total. The summed E-state index contributed by atoms with van der Waals surface area (Å²) in [6, 6.07) is 14.1. The lowest BCUT2D eigenvalue weighted by atomic mass is 10.1. The monoisotopic (exact) mass is 260 g/mol. The molecule has 0 saturated heterocycles. The molecular formula is C16H17FO2. The van der Waals surface area contributed by atoms with Gasteiger partial charge in [0.1, 0.15) is 11.6 Å². The molecule has 100 valence electrons. The largest absolute Gasteiger partial charge is 0.494 e. The third-order valence-corrected chi connectivity index (χ3v) is 2.90. The van der Waals surface area contributed by atoms with E-state index in [4.69, 9.17) is 9.84 Å². The first kappa shape index (κ1) is 13.6. The molecule has 19 heavy (non-hydrogen) atoms. The Morgan fingerprint density at radius 3 is 2.68 bits per heavy atom. The second-order valence-electron chi connectivity index (χ2n) is 4.35. The Labute approximate surface area is 112 Å². The van der Waals surface area contributed by atoms with Gasteiger partial charge in [-0.15, -0.1) is 0 Å². The molecule has 0 heterocycles. The first-order valence-electron chi connectivity index (χ1n) is 6.35. The molecule has 2 aromatic rings. The summed E-state index contributed by atoms with van der Waals surface area (Å²) in [7, 11) is 0. The van der Waals surface area contributed by atoms with Gasteiger partial charge >= 0.3 is 0 Å². The van der Waals surface area contributed by atoms with Crippen molar-refractivity contribution < 1.29 is 14.2 Å². The van der Waals surface area contributed by atoms with Crippen LogP contribution in [0.15, 0.2) is 48.5 Å². The number of benzene rings is 2. The molecule has 0 spiro atoms. The maximum absolute atomic E-state index is 13.4. The molecule has 0 aromatic heterocycles. The van der Waals surface area contributed by atoms with Crippen molar-refractivity contribution in [1.82, 2.24) is 0 Å². The van der Waals surface area contributed by atoms with E-state index in [-0.39, 0.29) is 12.4 Å². The minimum atomic E-state index is -0.162. The highest BCUT2D eigenvalue weighted by Gasteiger charge is 2.01. The molecule has 2 nitrogen and oxygen atoms in total. The molecule has 0 unspecified atom stereocenters. The van der Waals surface area contributed by atoms with Crippen molar-refractivity contribution in [2.75, 3.05) is 6.61 Å². The quantitative estimate of drug-likeness (QED) is 0.807. The second kappa shape index (κ2) is 6.90. The predicted octanol–water partition coefficient (Wildman–Crippen LogP) is 3.33. The highest BCUT2D eigenvalue weighted by atomic mass is 19.1. The van der Waals surface area contributed by atoms with E-state index >= 15 is 0 Å². The van der Waals surface area contributed by atoms with Crippen LogP contribution in [0.5, 0.6) is 5.75 Å². The number of aryl methyl sites for hydroxylation is 1. The number of hydrogen-bond donors (Lipinski definition) is 1. The van der Waals surface area contributed by atoms with Crippen molar-refractivity contribution in [2.24, 2.45) is 0 Å². The highest BCUT2D eigenvalue weighted by Crippen LogP contribution is 2.14. The molecule has 0 aliphatic carbocycles. The van der Waals surface area contributed by atoms with Crippen LogP contribution in [0, 0.1) is 5.82 Å². The van der Waals surface area contributed by atoms with Crippen LogP contribution in [0.25, 0.3) is 0 Å². The summed E-state index contributed by atoms with van der Waals surface area (Å²) >= 11 is 0. The zero-order chi connectivity index (χ0) is 13.5. The molecule has 0 atom stereocenters. The van der Waals surface area contributed by atoms with Crippen molar-refractivity contribution in [3.63, 3.8) is 0 Å². The van der Waals surface area contributed by atoms with Crippen LogP contribution in [0.2, 0.25) is 0 Å². The van der Waals surface area contributed by atoms with Gasteiger partial charge in [0.15, 0.2) is 0 Å². The van der Waals surface area contributed by atoms with Crippen LogP contribution in [0.3, 0.4) is 0 Å². The van der Waals surface area contributed by atoms with Crippen molar-refractivity contribution >= 4 is 0 Å². The summed E-state index contributed by atoms with van der Waals surface area (Å²) in [6.45, 7) is 0.537. The maximum Gasteiger partial charge on any atom is 0.126 e. The van der Waals surface area contributed by atoms with E-state index in [1.165, 1.54) is 6.07 Å². The van der Waals surface area contributed by atoms with Gasteiger partial charge in [-0.1, -0.05) is 30.3 Å². The van der Waals surface area contributed by atoms with E-state index in [1.807, 2.05) is 30.3 Å². The number of rotatable bonds is 6. The molecule has 0 radical (unpaired) electrons. The predicted molar refractivity (Wildman–Crippen MR) is 72.6 cm³/mol. The Morgan fingerprint density at radius 2 is 1.89 bits per heavy atom. The Morgan fingerprint density at radius 1 is 1.05 bits per heavy atom. The Bertz CT molecular complexity index is 526. The molecule has 2 aromatic carbocycles. The summed E-state index contributed by atoms with van der Waals surface area (Å²) in [5, 5.41) is 9.02. The van der Waals surface area contributed by atoms with Crippen LogP contribution in [0.4, 0.5) is 4.39 Å². The fourth-order valence-corrected chi connectivity index (χ4v) is 1.89. The summed E-state index contributed by atoms with van der Waals surface area (Å²) in [5.74, 6) is 0.574. The lowest BCUT2D eigenvalue weighted by molar-refractivity contribution is 0.278. The van der Waals surface area contributed by atoms with E-state index in [1.54, 1.807) is 12.1 Å². The van der Waals surface area contributed by atoms with Crippen molar-refractivity contribution in [2.45, 2.75) is 19.4 Å². The second-order valence-corrected chi connectivity index (χ2v) is 4.35. The van der Waals surface area contributed by atoms with Gasteiger partial charge in [-0.05, 0) is 42.2 Å². The van der Waals surface area contributed by atoms with Gasteiger partial charge in [0.05, 0.1) is 13.2 Å². The average molecular weight is 260 g/mol. The van der Waals surface area contributed by atoms with Crippen LogP contribution in [-0.2, 0) is 13.0 Å². The molecule has 0 amide bonds. The summed E-state index contributed by atoms with van der Waals surface area (Å²) in [4.78, 5) is 0. The fourth-order valence-electron chi connectivity index (χ4n) is 1.89. The zero-order valence-corrected chi connectivity index (χ0v) is 10.7. The lowest BCUT2D eigenvalue weighted by Gasteiger charge is -2.07. The fraction of sp³-hybridized carbons (Fsp3) is 0.250. The van der Waals surface area contributed by atoms with Gasteiger partial charge in [0.2, 0.25) is 0 Å². The Kier molecular flexibility index (Phi) is 4.93. The van der Waals surface area contributed by atoms with Crippen LogP contribution in [-0.4, -0.2) is 11.7 Å². The molecule has 0 bridgehead atoms. The minimum absolute atomic E-state index is 0.00638. The maximum atomic E-state index is 13.4. The molecular weight excluding hydrogens is 243 g/mol. The van der Waals surface area contributed by atoms with Gasteiger partial charge in [-0.25, -0.2) is 4.39 Å². The molecule has 0 fully saturated rings. The third kappa shape index (κ3) is 4.07. The van der Waals surface area contributed by atoms with Crippen molar-refractivity contribution in [3.05, 3.63) is 65.5 Å². The normalized spacial score (nSPS) is 10.4. The first-order chi connectivity index (χ1) is 9.29. The van der Waals surface area contributed by atoms with Crippen LogP contribution in [0.1, 0.15) is 17.5 Å². The lowest BCUT2D eigenvalue weighted by Crippen LogP contribution is -2.01. The molecule has 3 heteroatoms. The van der Waals surface area contributed by atoms with Gasteiger partial charge in [-0.2, -0.15) is 0 Å². The summed E-state index contributed by atoms with van der Waals surface area (Å²) in [5.41, 5.74) is 1.54. The van der Waals surface area contributed by atoms with Gasteiger partial charge in [0, 0.05) is 0 Å². The third-order valence-electron chi connectivity index (χ3n) is 2.90.